The summed E-state index contributed by atoms with van der Waals surface area (Å²) in [6.07, 6.45) is 8.72. The van der Waals surface area contributed by atoms with Crippen molar-refractivity contribution in [1.29, 1.82) is 0 Å². The van der Waals surface area contributed by atoms with Gasteiger partial charge in [-0.3, -0.25) is 5.48 Å². The molecule has 0 bridgehead atoms. The molecule has 1 aliphatic rings. The largest absolute Gasteiger partial charge is 0.255 e. The molecule has 0 saturated heterocycles. The van der Waals surface area contributed by atoms with Gasteiger partial charge in [0.05, 0.1) is 0 Å². The predicted octanol–water partition coefficient (Wildman–Crippen LogP) is 2.17. The molecule has 0 spiro atoms. The molecule has 1 aliphatic carbocycles. The number of rotatable bonds is 0. The molecule has 0 aromatic rings. The van der Waals surface area contributed by atoms with Gasteiger partial charge in [0, 0.05) is 0 Å². The normalized spacial score (nSPS) is 24.7. The van der Waals surface area contributed by atoms with Gasteiger partial charge < -0.3 is 0 Å². The maximum atomic E-state index is 2.20. The van der Waals surface area contributed by atoms with Gasteiger partial charge in [0.1, 0.15) is 0 Å². The second-order valence-corrected chi connectivity index (χ2v) is 2.32. The summed E-state index contributed by atoms with van der Waals surface area (Å²) in [5.41, 5.74) is 1.35. The fourth-order valence-corrected chi connectivity index (χ4v) is 0.727. The smallest absolute Gasteiger partial charge is 0.00986 e. The maximum Gasteiger partial charge on any atom is -0.00986 e. The van der Waals surface area contributed by atoms with E-state index in [0.29, 0.717) is 5.92 Å². The number of allylic oxidation sites excluding steroid dienone is 4. The van der Waals surface area contributed by atoms with E-state index in [1.165, 1.54) is 5.57 Å². The van der Waals surface area contributed by atoms with Crippen molar-refractivity contribution in [2.24, 2.45) is 5.92 Å². The lowest BCUT2D eigenvalue weighted by atomic mass is 10.00. The first-order valence-corrected chi connectivity index (χ1v) is 2.99. The van der Waals surface area contributed by atoms with Crippen molar-refractivity contribution in [1.82, 2.24) is 0 Å². The fraction of sp³-hybridized carbons (Fsp3) is 0.375. The highest BCUT2D eigenvalue weighted by Crippen LogP contribution is 2.12. The molecule has 0 aliphatic heterocycles. The summed E-state index contributed by atoms with van der Waals surface area (Å²) in [4.78, 5) is 0. The van der Waals surface area contributed by atoms with Gasteiger partial charge in [-0.05, 0) is 19.3 Å². The molecule has 0 aromatic heterocycles. The Bertz CT molecular complexity index is 134. The first kappa shape index (κ1) is 8.44. The van der Waals surface area contributed by atoms with Gasteiger partial charge in [-0.2, -0.15) is 0 Å². The molecule has 1 nitrogen and oxygen atoms in total. The Morgan fingerprint density at radius 3 is 2.44 bits per heavy atom. The second kappa shape index (κ2) is 3.46. The van der Waals surface area contributed by atoms with E-state index < -0.39 is 0 Å². The van der Waals surface area contributed by atoms with Crippen LogP contribution < -0.4 is 0 Å². The van der Waals surface area contributed by atoms with E-state index >= 15 is 0 Å². The molecule has 9 heavy (non-hydrogen) atoms. The minimum Gasteiger partial charge on any atom is -0.255 e. The zero-order chi connectivity index (χ0) is 5.98. The maximum absolute atomic E-state index is 2.20. The molecular weight excluding hydrogens is 112 g/mol. The van der Waals surface area contributed by atoms with E-state index in [9.17, 15) is 0 Å². The van der Waals surface area contributed by atoms with Gasteiger partial charge in [-0.25, -0.2) is 0 Å². The molecule has 1 heteroatoms. The van der Waals surface area contributed by atoms with Crippen molar-refractivity contribution in [3.8, 4) is 0 Å². The summed E-state index contributed by atoms with van der Waals surface area (Å²) < 4.78 is 0. The highest BCUT2D eigenvalue weighted by Gasteiger charge is 1.98. The Morgan fingerprint density at radius 1 is 1.44 bits per heavy atom. The summed E-state index contributed by atoms with van der Waals surface area (Å²) in [7, 11) is 0. The van der Waals surface area contributed by atoms with E-state index in [1.807, 2.05) is 0 Å². The summed E-state index contributed by atoms with van der Waals surface area (Å²) in [5, 5.41) is 0. The van der Waals surface area contributed by atoms with Crippen molar-refractivity contribution in [2.45, 2.75) is 13.8 Å². The van der Waals surface area contributed by atoms with Crippen LogP contribution in [0.5, 0.6) is 0 Å². The van der Waals surface area contributed by atoms with E-state index in [1.54, 1.807) is 0 Å². The van der Waals surface area contributed by atoms with Crippen molar-refractivity contribution in [2.75, 3.05) is 0 Å². The lowest BCUT2D eigenvalue weighted by Gasteiger charge is -2.06. The van der Waals surface area contributed by atoms with Crippen LogP contribution in [0.15, 0.2) is 23.8 Å². The lowest BCUT2D eigenvalue weighted by molar-refractivity contribution is 0.824. The molecule has 2 radical (unpaired) electrons. The zero-order valence-corrected chi connectivity index (χ0v) is 5.83. The standard InChI is InChI=1S/C8H11.HO/c1-7-3-5-8(2)6-4-7;/h3-7H,1-2H3;1H. The van der Waals surface area contributed by atoms with Crippen LogP contribution in [0.25, 0.3) is 0 Å². The Kier molecular flexibility index (Phi) is 3.25. The van der Waals surface area contributed by atoms with Crippen LogP contribution in [0.4, 0.5) is 0 Å². The molecule has 0 amide bonds. The van der Waals surface area contributed by atoms with Gasteiger partial charge in [0.15, 0.2) is 0 Å². The van der Waals surface area contributed by atoms with E-state index in [2.05, 4.69) is 38.5 Å². The van der Waals surface area contributed by atoms with Gasteiger partial charge in [-0.15, -0.1) is 0 Å². The summed E-state index contributed by atoms with van der Waals surface area (Å²) in [6, 6.07) is 0. The van der Waals surface area contributed by atoms with Crippen molar-refractivity contribution < 1.29 is 5.48 Å². The van der Waals surface area contributed by atoms with E-state index in [4.69, 9.17) is 0 Å². The quantitative estimate of drug-likeness (QED) is 0.513. The highest BCUT2D eigenvalue weighted by atomic mass is 16.0. The zero-order valence-electron chi connectivity index (χ0n) is 5.83. The molecule has 50 valence electrons. The minimum absolute atomic E-state index is 0. The third-order valence-electron chi connectivity index (χ3n) is 1.33. The molecule has 1 N–H and O–H groups in total. The molecule has 0 fully saturated rings. The molecule has 0 heterocycles. The molecule has 0 aromatic carbocycles. The number of hydrogen-bond donors (Lipinski definition) is 1. The Labute approximate surface area is 56.4 Å². The molecule has 0 saturated carbocycles. The van der Waals surface area contributed by atoms with Gasteiger partial charge in [0.2, 0.25) is 0 Å². The van der Waals surface area contributed by atoms with Crippen LogP contribution in [-0.2, 0) is 0 Å². The minimum atomic E-state index is 0. The Morgan fingerprint density at radius 2 is 2.11 bits per heavy atom. The third kappa shape index (κ3) is 2.47. The van der Waals surface area contributed by atoms with Gasteiger partial charge in [0.25, 0.3) is 0 Å². The predicted molar refractivity (Wildman–Crippen MR) is 38.3 cm³/mol. The fourth-order valence-electron chi connectivity index (χ4n) is 0.727. The average Bonchev–Trinajstić information content (AvgIpc) is 1.77. The first-order chi connectivity index (χ1) is 3.79. The first-order valence-electron chi connectivity index (χ1n) is 2.99. The summed E-state index contributed by atoms with van der Waals surface area (Å²) >= 11 is 0. The van der Waals surface area contributed by atoms with Crippen molar-refractivity contribution in [3.05, 3.63) is 30.2 Å². The molecule has 1 unspecified atom stereocenters. The summed E-state index contributed by atoms with van der Waals surface area (Å²) in [6.45, 7) is 4.29. The number of hydrogen-bond acceptors (Lipinski definition) is 0. The van der Waals surface area contributed by atoms with Crippen molar-refractivity contribution in [3.63, 3.8) is 0 Å². The topological polar surface area (TPSA) is 30.0 Å². The Balaban J connectivity index is 0.000000640. The van der Waals surface area contributed by atoms with Gasteiger partial charge >= 0.3 is 0 Å². The van der Waals surface area contributed by atoms with Crippen LogP contribution in [-0.4, -0.2) is 5.48 Å². The van der Waals surface area contributed by atoms with Crippen LogP contribution in [0.3, 0.4) is 0 Å². The molecular formula is C8H12O. The van der Waals surface area contributed by atoms with Crippen LogP contribution in [0, 0.1) is 12.3 Å². The van der Waals surface area contributed by atoms with Crippen LogP contribution >= 0.6 is 0 Å². The van der Waals surface area contributed by atoms with Crippen molar-refractivity contribution >= 4 is 0 Å². The van der Waals surface area contributed by atoms with Gasteiger partial charge in [-0.1, -0.05) is 30.7 Å². The highest BCUT2D eigenvalue weighted by molar-refractivity contribution is 5.26. The van der Waals surface area contributed by atoms with Crippen LogP contribution in [0.2, 0.25) is 0 Å². The summed E-state index contributed by atoms with van der Waals surface area (Å²) in [5.74, 6) is 0.638. The third-order valence-corrected chi connectivity index (χ3v) is 1.33. The average molecular weight is 124 g/mol. The monoisotopic (exact) mass is 124 g/mol. The Hall–Kier alpha value is -0.560. The molecule has 1 rings (SSSR count). The molecule has 1 atom stereocenters. The van der Waals surface area contributed by atoms with E-state index in [0.717, 1.165) is 0 Å². The second-order valence-electron chi connectivity index (χ2n) is 2.32. The SMILES string of the molecule is CC1=C[CH]C(C)C=C1.[OH]. The lowest BCUT2D eigenvalue weighted by Crippen LogP contribution is -1.92. The van der Waals surface area contributed by atoms with Crippen LogP contribution in [0.1, 0.15) is 13.8 Å². The van der Waals surface area contributed by atoms with E-state index in [-0.39, 0.29) is 5.48 Å².